The first kappa shape index (κ1) is 23.1. The summed E-state index contributed by atoms with van der Waals surface area (Å²) in [6.07, 6.45) is 3.91. The van der Waals surface area contributed by atoms with E-state index in [1.807, 2.05) is 0 Å². The Morgan fingerprint density at radius 1 is 1.12 bits per heavy atom. The van der Waals surface area contributed by atoms with Crippen LogP contribution in [0.5, 0.6) is 0 Å². The lowest BCUT2D eigenvalue weighted by Gasteiger charge is -2.31. The van der Waals surface area contributed by atoms with E-state index in [-0.39, 0.29) is 36.7 Å². The molecular formula is C23H24F2N4O3S. The molecule has 0 aliphatic carbocycles. The number of sulfonamides is 1. The van der Waals surface area contributed by atoms with Gasteiger partial charge in [-0.3, -0.25) is 4.79 Å². The molecule has 174 valence electrons. The van der Waals surface area contributed by atoms with Crippen LogP contribution < -0.4 is 5.32 Å². The summed E-state index contributed by atoms with van der Waals surface area (Å²) in [7, 11) is -2.20. The zero-order valence-corrected chi connectivity index (χ0v) is 18.8. The van der Waals surface area contributed by atoms with Gasteiger partial charge in [-0.2, -0.15) is 4.31 Å². The van der Waals surface area contributed by atoms with Crippen molar-refractivity contribution in [2.75, 3.05) is 13.1 Å². The van der Waals surface area contributed by atoms with E-state index >= 15 is 0 Å². The van der Waals surface area contributed by atoms with E-state index in [1.165, 1.54) is 34.6 Å². The summed E-state index contributed by atoms with van der Waals surface area (Å²) in [6.45, 7) is 0.198. The number of rotatable bonds is 6. The van der Waals surface area contributed by atoms with Gasteiger partial charge in [0.25, 0.3) is 0 Å². The molecule has 4 rings (SSSR count). The summed E-state index contributed by atoms with van der Waals surface area (Å²) in [5, 5.41) is 2.95. The van der Waals surface area contributed by atoms with E-state index < -0.39 is 33.6 Å². The van der Waals surface area contributed by atoms with E-state index in [1.54, 1.807) is 36.1 Å². The molecular weight excluding hydrogens is 450 g/mol. The molecule has 1 saturated heterocycles. The summed E-state index contributed by atoms with van der Waals surface area (Å²) in [5.41, 5.74) is 0.553. The van der Waals surface area contributed by atoms with Gasteiger partial charge in [0.2, 0.25) is 15.9 Å². The molecule has 1 aliphatic rings. The zero-order chi connectivity index (χ0) is 23.6. The molecule has 1 N–H and O–H groups in total. The second-order valence-electron chi connectivity index (χ2n) is 8.00. The third kappa shape index (κ3) is 4.81. The standard InChI is InChI=1S/C23H24F2N4O3S/c1-28-14-11-26-22(28)21(17-5-4-6-18(24)15-17)27-23(30)16-9-12-29(13-10-16)33(31,32)20-8-3-2-7-19(20)25/h2-8,11,14-16,21H,9-10,12-13H2,1H3,(H,27,30). The number of nitrogens with zero attached hydrogens (tertiary/aromatic N) is 3. The van der Waals surface area contributed by atoms with Crippen LogP contribution in [-0.4, -0.2) is 41.3 Å². The first-order valence-corrected chi connectivity index (χ1v) is 12.0. The fourth-order valence-corrected chi connectivity index (χ4v) is 5.58. The van der Waals surface area contributed by atoms with E-state index in [4.69, 9.17) is 0 Å². The first-order chi connectivity index (χ1) is 15.8. The van der Waals surface area contributed by atoms with Crippen molar-refractivity contribution in [1.82, 2.24) is 19.2 Å². The number of carbonyl (C=O) groups excluding carboxylic acids is 1. The number of carbonyl (C=O) groups is 1. The highest BCUT2D eigenvalue weighted by molar-refractivity contribution is 7.89. The lowest BCUT2D eigenvalue weighted by atomic mass is 9.96. The van der Waals surface area contributed by atoms with Crippen molar-refractivity contribution in [3.05, 3.63) is 83.9 Å². The van der Waals surface area contributed by atoms with Crippen molar-refractivity contribution in [2.24, 2.45) is 13.0 Å². The largest absolute Gasteiger partial charge is 0.342 e. The molecule has 0 radical (unpaired) electrons. The molecule has 0 saturated carbocycles. The van der Waals surface area contributed by atoms with Crippen LogP contribution >= 0.6 is 0 Å². The van der Waals surface area contributed by atoms with Gasteiger partial charge in [0.15, 0.2) is 0 Å². The fraction of sp³-hybridized carbons (Fsp3) is 0.304. The van der Waals surface area contributed by atoms with Gasteiger partial charge in [-0.25, -0.2) is 22.2 Å². The fourth-order valence-electron chi connectivity index (χ4n) is 4.05. The summed E-state index contributed by atoms with van der Waals surface area (Å²) in [5.74, 6) is -1.38. The maximum Gasteiger partial charge on any atom is 0.245 e. The summed E-state index contributed by atoms with van der Waals surface area (Å²) < 4.78 is 56.5. The van der Waals surface area contributed by atoms with Crippen molar-refractivity contribution >= 4 is 15.9 Å². The van der Waals surface area contributed by atoms with E-state index in [2.05, 4.69) is 10.3 Å². The minimum atomic E-state index is -3.98. The molecule has 1 aliphatic heterocycles. The van der Waals surface area contributed by atoms with Crippen molar-refractivity contribution in [2.45, 2.75) is 23.8 Å². The normalized spacial score (nSPS) is 16.5. The molecule has 3 aromatic rings. The van der Waals surface area contributed by atoms with Gasteiger partial charge in [-0.1, -0.05) is 24.3 Å². The molecule has 2 aromatic carbocycles. The quantitative estimate of drug-likeness (QED) is 0.595. The molecule has 1 aromatic heterocycles. The molecule has 1 atom stereocenters. The summed E-state index contributed by atoms with van der Waals surface area (Å²) >= 11 is 0. The molecule has 33 heavy (non-hydrogen) atoms. The van der Waals surface area contributed by atoms with Crippen LogP contribution in [0.25, 0.3) is 0 Å². The lowest BCUT2D eigenvalue weighted by Crippen LogP contribution is -2.44. The first-order valence-electron chi connectivity index (χ1n) is 10.5. The predicted molar refractivity (Wildman–Crippen MR) is 117 cm³/mol. The number of piperidine rings is 1. The molecule has 1 unspecified atom stereocenters. The topological polar surface area (TPSA) is 84.3 Å². The number of aromatic nitrogens is 2. The smallest absolute Gasteiger partial charge is 0.245 e. The van der Waals surface area contributed by atoms with Crippen LogP contribution in [0.3, 0.4) is 0 Å². The average Bonchev–Trinajstić information content (AvgIpc) is 3.23. The van der Waals surface area contributed by atoms with Crippen molar-refractivity contribution in [1.29, 1.82) is 0 Å². The van der Waals surface area contributed by atoms with Crippen LogP contribution in [0.4, 0.5) is 8.78 Å². The molecule has 1 amide bonds. The Hall–Kier alpha value is -3.11. The van der Waals surface area contributed by atoms with E-state index in [9.17, 15) is 22.0 Å². The Bertz CT molecular complexity index is 1250. The third-order valence-corrected chi connectivity index (χ3v) is 7.80. The van der Waals surface area contributed by atoms with Crippen molar-refractivity contribution in [3.63, 3.8) is 0 Å². The predicted octanol–water partition coefficient (Wildman–Crippen LogP) is 3.00. The van der Waals surface area contributed by atoms with Crippen molar-refractivity contribution < 1.29 is 22.0 Å². The summed E-state index contributed by atoms with van der Waals surface area (Å²) in [6, 6.07) is 10.5. The Balaban J connectivity index is 1.48. The number of halogens is 2. The van der Waals surface area contributed by atoms with Gasteiger partial charge < -0.3 is 9.88 Å². The van der Waals surface area contributed by atoms with E-state index in [0.29, 0.717) is 11.4 Å². The van der Waals surface area contributed by atoms with Gasteiger partial charge in [-0.05, 0) is 42.7 Å². The van der Waals surface area contributed by atoms with Crippen molar-refractivity contribution in [3.8, 4) is 0 Å². The highest BCUT2D eigenvalue weighted by Gasteiger charge is 2.34. The SMILES string of the molecule is Cn1ccnc1C(NC(=O)C1CCN(S(=O)(=O)c2ccccc2F)CC1)c1cccc(F)c1. The molecule has 10 heteroatoms. The van der Waals surface area contributed by atoms with Crippen LogP contribution in [-0.2, 0) is 21.9 Å². The summed E-state index contributed by atoms with van der Waals surface area (Å²) in [4.78, 5) is 17.0. The minimum Gasteiger partial charge on any atom is -0.342 e. The van der Waals surface area contributed by atoms with Gasteiger partial charge in [0.1, 0.15) is 28.4 Å². The molecule has 1 fully saturated rings. The molecule has 0 bridgehead atoms. The molecule has 7 nitrogen and oxygen atoms in total. The number of aryl methyl sites for hydroxylation is 1. The van der Waals surface area contributed by atoms with Gasteiger partial charge in [0.05, 0.1) is 0 Å². The number of hydrogen-bond acceptors (Lipinski definition) is 4. The Morgan fingerprint density at radius 3 is 2.48 bits per heavy atom. The van der Waals surface area contributed by atoms with Crippen LogP contribution in [0.1, 0.15) is 30.3 Å². The third-order valence-electron chi connectivity index (χ3n) is 5.86. The van der Waals surface area contributed by atoms with Gasteiger partial charge in [-0.15, -0.1) is 0 Å². The number of benzene rings is 2. The Kier molecular flexibility index (Phi) is 6.57. The molecule has 2 heterocycles. The van der Waals surface area contributed by atoms with E-state index in [0.717, 1.165) is 6.07 Å². The highest BCUT2D eigenvalue weighted by Crippen LogP contribution is 2.27. The molecule has 0 spiro atoms. The maximum absolute atomic E-state index is 14.0. The zero-order valence-electron chi connectivity index (χ0n) is 18.0. The Morgan fingerprint density at radius 2 is 1.85 bits per heavy atom. The number of hydrogen-bond donors (Lipinski definition) is 1. The van der Waals surface area contributed by atoms with Crippen LogP contribution in [0.15, 0.2) is 65.8 Å². The number of amides is 1. The second-order valence-corrected chi connectivity index (χ2v) is 9.91. The number of imidazole rings is 1. The number of nitrogens with one attached hydrogen (secondary N) is 1. The second kappa shape index (κ2) is 9.40. The minimum absolute atomic E-state index is 0.0990. The average molecular weight is 475 g/mol. The lowest BCUT2D eigenvalue weighted by molar-refractivity contribution is -0.126. The highest BCUT2D eigenvalue weighted by atomic mass is 32.2. The van der Waals surface area contributed by atoms with Gasteiger partial charge >= 0.3 is 0 Å². The Labute approximate surface area is 191 Å². The van der Waals surface area contributed by atoms with Gasteiger partial charge in [0, 0.05) is 38.4 Å². The van der Waals surface area contributed by atoms with Crippen LogP contribution in [0, 0.1) is 17.6 Å². The van der Waals surface area contributed by atoms with Crippen LogP contribution in [0.2, 0.25) is 0 Å². The monoisotopic (exact) mass is 474 g/mol. The maximum atomic E-state index is 14.0.